The Morgan fingerprint density at radius 2 is 2.08 bits per heavy atom. The quantitative estimate of drug-likeness (QED) is 0.844. The maximum absolute atomic E-state index is 12.2. The lowest BCUT2D eigenvalue weighted by Gasteiger charge is -2.19. The first-order valence-corrected chi connectivity index (χ1v) is 6.85. The van der Waals surface area contributed by atoms with E-state index in [1.54, 1.807) is 0 Å². The summed E-state index contributed by atoms with van der Waals surface area (Å²) in [6, 6.07) is 5.31. The second kappa shape index (κ2) is 6.65. The monoisotopic (exact) mass is 339 g/mol. The van der Waals surface area contributed by atoms with Crippen LogP contribution in [0.2, 0.25) is 0 Å². The Morgan fingerprint density at radius 1 is 1.38 bits per heavy atom. The molecule has 0 aliphatic rings. The number of aromatic nitrogens is 2. The van der Waals surface area contributed by atoms with Crippen molar-refractivity contribution >= 4 is 17.6 Å². The van der Waals surface area contributed by atoms with Crippen LogP contribution in [0.1, 0.15) is 24.2 Å². The number of rotatable bonds is 6. The van der Waals surface area contributed by atoms with Crippen molar-refractivity contribution < 1.29 is 28.2 Å². The van der Waals surface area contributed by atoms with Crippen LogP contribution in [0.3, 0.4) is 0 Å². The lowest BCUT2D eigenvalue weighted by atomic mass is 10.1. The van der Waals surface area contributed by atoms with E-state index in [1.807, 2.05) is 0 Å². The minimum Gasteiger partial charge on any atom is -0.479 e. The number of carboxylic acids is 1. The van der Waals surface area contributed by atoms with Crippen molar-refractivity contribution in [1.82, 2.24) is 9.78 Å². The highest BCUT2D eigenvalue weighted by molar-refractivity contribution is 6.04. The van der Waals surface area contributed by atoms with E-state index in [9.17, 15) is 18.4 Å². The first-order valence-electron chi connectivity index (χ1n) is 6.85. The molecule has 0 spiro atoms. The summed E-state index contributed by atoms with van der Waals surface area (Å²) in [5, 5.41) is 15.6. The van der Waals surface area contributed by atoms with E-state index in [2.05, 4.69) is 15.2 Å². The Bertz CT molecular complexity index is 759. The molecule has 0 saturated heterocycles. The minimum atomic E-state index is -2.99. The van der Waals surface area contributed by atoms with Gasteiger partial charge in [-0.3, -0.25) is 9.48 Å². The van der Waals surface area contributed by atoms with Gasteiger partial charge in [0.25, 0.3) is 5.91 Å². The summed E-state index contributed by atoms with van der Waals surface area (Å²) < 4.78 is 29.8. The van der Waals surface area contributed by atoms with Gasteiger partial charge in [-0.25, -0.2) is 4.79 Å². The number of hydrogen-bond acceptors (Lipinski definition) is 4. The van der Waals surface area contributed by atoms with Crippen molar-refractivity contribution in [1.29, 1.82) is 0 Å². The number of nitrogens with one attached hydrogen (secondary N) is 1. The molecule has 128 valence electrons. The molecular formula is C15H15F2N3O4. The fraction of sp³-hybridized carbons (Fsp3) is 0.267. The number of ether oxygens (including phenoxy) is 1. The first-order chi connectivity index (χ1) is 11.2. The molecule has 0 radical (unpaired) electrons. The second-order valence-corrected chi connectivity index (χ2v) is 5.40. The third kappa shape index (κ3) is 3.86. The second-order valence-electron chi connectivity index (χ2n) is 5.40. The molecule has 2 aromatic rings. The number of benzene rings is 1. The molecule has 2 N–H and O–H groups in total. The van der Waals surface area contributed by atoms with Crippen molar-refractivity contribution in [2.24, 2.45) is 0 Å². The zero-order valence-corrected chi connectivity index (χ0v) is 12.9. The molecular weight excluding hydrogens is 324 g/mol. The van der Waals surface area contributed by atoms with Crippen LogP contribution in [0.25, 0.3) is 0 Å². The Hall–Kier alpha value is -2.97. The summed E-state index contributed by atoms with van der Waals surface area (Å²) in [7, 11) is 0. The van der Waals surface area contributed by atoms with Gasteiger partial charge in [0.2, 0.25) is 0 Å². The highest BCUT2D eigenvalue weighted by Gasteiger charge is 2.30. The van der Waals surface area contributed by atoms with E-state index >= 15 is 0 Å². The molecule has 0 fully saturated rings. The molecule has 9 heteroatoms. The third-order valence-corrected chi connectivity index (χ3v) is 3.26. The molecule has 7 nitrogen and oxygen atoms in total. The Labute approximate surface area is 135 Å². The molecule has 0 unspecified atom stereocenters. The van der Waals surface area contributed by atoms with Gasteiger partial charge in [-0.15, -0.1) is 0 Å². The number of alkyl halides is 2. The average Bonchev–Trinajstić information content (AvgIpc) is 2.95. The van der Waals surface area contributed by atoms with Crippen molar-refractivity contribution in [3.63, 3.8) is 0 Å². The van der Waals surface area contributed by atoms with E-state index in [0.717, 1.165) is 0 Å². The van der Waals surface area contributed by atoms with E-state index in [4.69, 9.17) is 5.11 Å². The van der Waals surface area contributed by atoms with Gasteiger partial charge in [0.1, 0.15) is 5.75 Å². The van der Waals surface area contributed by atoms with Crippen molar-refractivity contribution in [2.75, 3.05) is 5.32 Å². The van der Waals surface area contributed by atoms with Crippen LogP contribution < -0.4 is 10.1 Å². The van der Waals surface area contributed by atoms with Crippen LogP contribution in [0.5, 0.6) is 5.75 Å². The predicted molar refractivity (Wildman–Crippen MR) is 80.2 cm³/mol. The van der Waals surface area contributed by atoms with Gasteiger partial charge in [0.05, 0.1) is 11.9 Å². The zero-order chi connectivity index (χ0) is 17.9. The minimum absolute atomic E-state index is 0.110. The number of carbonyl (C=O) groups excluding carboxylic acids is 1. The van der Waals surface area contributed by atoms with Gasteiger partial charge in [-0.05, 0) is 32.0 Å². The van der Waals surface area contributed by atoms with Gasteiger partial charge in [-0.2, -0.15) is 13.9 Å². The topological polar surface area (TPSA) is 93.5 Å². The van der Waals surface area contributed by atoms with Crippen LogP contribution >= 0.6 is 0 Å². The molecule has 0 aliphatic carbocycles. The highest BCUT2D eigenvalue weighted by atomic mass is 19.3. The van der Waals surface area contributed by atoms with Crippen molar-refractivity contribution in [3.8, 4) is 5.75 Å². The first kappa shape index (κ1) is 17.4. The van der Waals surface area contributed by atoms with E-state index in [1.165, 1.54) is 55.2 Å². The number of aliphatic carboxylic acids is 1. The normalized spacial score (nSPS) is 11.4. The molecule has 1 aromatic carbocycles. The third-order valence-electron chi connectivity index (χ3n) is 3.26. The number of hydrogen-bond donors (Lipinski definition) is 2. The van der Waals surface area contributed by atoms with Crippen molar-refractivity contribution in [3.05, 3.63) is 42.2 Å². The highest BCUT2D eigenvalue weighted by Crippen LogP contribution is 2.19. The number of carbonyl (C=O) groups is 2. The summed E-state index contributed by atoms with van der Waals surface area (Å²) in [6.07, 6.45) is 2.66. The lowest BCUT2D eigenvalue weighted by molar-refractivity contribution is -0.146. The largest absolute Gasteiger partial charge is 0.479 e. The van der Waals surface area contributed by atoms with Crippen LogP contribution in [0, 0.1) is 0 Å². The van der Waals surface area contributed by atoms with E-state index in [-0.39, 0.29) is 17.0 Å². The van der Waals surface area contributed by atoms with Gasteiger partial charge in [0, 0.05) is 11.8 Å². The molecule has 0 saturated carbocycles. The van der Waals surface area contributed by atoms with E-state index in [0.29, 0.717) is 0 Å². The number of nitrogens with zero attached hydrogens (tertiary/aromatic N) is 2. The van der Waals surface area contributed by atoms with Gasteiger partial charge >= 0.3 is 12.6 Å². The summed E-state index contributed by atoms with van der Waals surface area (Å²) in [5.41, 5.74) is -0.901. The molecule has 2 rings (SSSR count). The smallest absolute Gasteiger partial charge is 0.387 e. The molecule has 1 aromatic heterocycles. The fourth-order valence-electron chi connectivity index (χ4n) is 1.81. The molecule has 1 amide bonds. The number of carboxylic acid groups (broad SMARTS) is 1. The molecule has 0 atom stereocenters. The number of amides is 1. The van der Waals surface area contributed by atoms with Crippen molar-refractivity contribution in [2.45, 2.75) is 26.0 Å². The Morgan fingerprint density at radius 3 is 2.71 bits per heavy atom. The lowest BCUT2D eigenvalue weighted by Crippen LogP contribution is -2.35. The number of halogens is 2. The molecule has 0 bridgehead atoms. The number of anilines is 1. The maximum Gasteiger partial charge on any atom is 0.387 e. The molecule has 0 aliphatic heterocycles. The van der Waals surface area contributed by atoms with Crippen LogP contribution in [-0.2, 0) is 10.3 Å². The van der Waals surface area contributed by atoms with Crippen LogP contribution in [0.15, 0.2) is 36.7 Å². The average molecular weight is 339 g/mol. The summed E-state index contributed by atoms with van der Waals surface area (Å²) in [5.74, 6) is -1.79. The van der Waals surface area contributed by atoms with Gasteiger partial charge < -0.3 is 15.2 Å². The summed E-state index contributed by atoms with van der Waals surface area (Å²) in [6.45, 7) is -0.0714. The zero-order valence-electron chi connectivity index (χ0n) is 12.9. The Kier molecular flexibility index (Phi) is 4.82. The SMILES string of the molecule is CC(C)(C(=O)O)n1cc(NC(=O)c2cccc(OC(F)F)c2)cn1. The van der Waals surface area contributed by atoms with Gasteiger partial charge in [0.15, 0.2) is 5.54 Å². The standard InChI is InChI=1S/C15H15F2N3O4/c1-15(2,13(22)23)20-8-10(7-18-20)19-12(21)9-4-3-5-11(6-9)24-14(16)17/h3-8,14H,1-2H3,(H,19,21)(H,22,23). The molecule has 24 heavy (non-hydrogen) atoms. The predicted octanol–water partition coefficient (Wildman–Crippen LogP) is 2.56. The van der Waals surface area contributed by atoms with E-state index < -0.39 is 24.0 Å². The summed E-state index contributed by atoms with van der Waals surface area (Å²) in [4.78, 5) is 23.3. The van der Waals surface area contributed by atoms with Gasteiger partial charge in [-0.1, -0.05) is 6.07 Å². The summed E-state index contributed by atoms with van der Waals surface area (Å²) >= 11 is 0. The van der Waals surface area contributed by atoms with Crippen LogP contribution in [-0.4, -0.2) is 33.4 Å². The maximum atomic E-state index is 12.2. The van der Waals surface area contributed by atoms with Crippen LogP contribution in [0.4, 0.5) is 14.5 Å². The molecule has 1 heterocycles. The Balaban J connectivity index is 2.13. The fourth-order valence-corrected chi connectivity index (χ4v) is 1.81.